The van der Waals surface area contributed by atoms with Crippen LogP contribution < -0.4 is 10.6 Å². The second-order valence-corrected chi connectivity index (χ2v) is 11.0. The number of nitrogens with one attached hydrogen (secondary N) is 3. The zero-order valence-corrected chi connectivity index (χ0v) is 20.9. The number of piperidine rings is 1. The van der Waals surface area contributed by atoms with E-state index in [0.717, 1.165) is 61.7 Å². The lowest BCUT2D eigenvalue weighted by Crippen LogP contribution is -2.45. The van der Waals surface area contributed by atoms with Crippen LogP contribution in [0.2, 0.25) is 0 Å². The van der Waals surface area contributed by atoms with Crippen molar-refractivity contribution in [3.63, 3.8) is 0 Å². The predicted octanol–water partition coefficient (Wildman–Crippen LogP) is 5.90. The number of hydrogen-bond donors (Lipinski definition) is 3. The van der Waals surface area contributed by atoms with Crippen molar-refractivity contribution in [3.8, 4) is 11.4 Å². The Balaban J connectivity index is 1.47. The van der Waals surface area contributed by atoms with Gasteiger partial charge in [-0.1, -0.05) is 20.3 Å². The van der Waals surface area contributed by atoms with Gasteiger partial charge in [0.25, 0.3) is 0 Å². The van der Waals surface area contributed by atoms with Gasteiger partial charge in [-0.05, 0) is 60.8 Å². The maximum atomic E-state index is 13.4. The molecule has 1 saturated heterocycles. The van der Waals surface area contributed by atoms with Crippen LogP contribution in [0.1, 0.15) is 56.7 Å². The highest BCUT2D eigenvalue weighted by molar-refractivity contribution is 5.97. The van der Waals surface area contributed by atoms with E-state index in [2.05, 4.69) is 39.4 Å². The predicted molar refractivity (Wildman–Crippen MR) is 137 cm³/mol. The average Bonchev–Trinajstić information content (AvgIpc) is 3.27. The Kier molecular flexibility index (Phi) is 5.82. The standard InChI is InChI=1S/C27H30F3N7/c1-26(2)14-31-8-6-16(26)11-34-25-22-19(15-4-3-5-15)12-32-13-20(22)35-24(37-25)17-7-9-33-23-18(17)10-21(36-23)27(28,29)30/h7,9-10,12-13,15-16,31H,3-6,8,11,14H2,1-2H3,(H,33,36)(H,34,35,37). The van der Waals surface area contributed by atoms with E-state index in [1.54, 1.807) is 12.3 Å². The summed E-state index contributed by atoms with van der Waals surface area (Å²) in [5.41, 5.74) is 1.77. The SMILES string of the molecule is CC1(C)CNCCC1CNc1nc(-c2ccnc3[nH]c(C(F)(F)F)cc23)nc2cncc(C3CCC3)c12. The number of alkyl halides is 3. The van der Waals surface area contributed by atoms with Crippen molar-refractivity contribution in [2.24, 2.45) is 11.3 Å². The molecule has 4 aromatic heterocycles. The minimum absolute atomic E-state index is 0.131. The molecule has 1 aliphatic carbocycles. The second-order valence-electron chi connectivity index (χ2n) is 11.0. The molecule has 7 nitrogen and oxygen atoms in total. The van der Waals surface area contributed by atoms with Crippen molar-refractivity contribution in [1.29, 1.82) is 0 Å². The molecule has 37 heavy (non-hydrogen) atoms. The summed E-state index contributed by atoms with van der Waals surface area (Å²) >= 11 is 0. The van der Waals surface area contributed by atoms with Crippen molar-refractivity contribution >= 4 is 27.8 Å². The fourth-order valence-electron chi connectivity index (χ4n) is 5.58. The Morgan fingerprint density at radius 2 is 1.97 bits per heavy atom. The highest BCUT2D eigenvalue weighted by Gasteiger charge is 2.34. The summed E-state index contributed by atoms with van der Waals surface area (Å²) in [5.74, 6) is 1.94. The number of hydrogen-bond acceptors (Lipinski definition) is 6. The average molecular weight is 510 g/mol. The molecule has 194 valence electrons. The minimum atomic E-state index is -4.50. The number of anilines is 1. The quantitative estimate of drug-likeness (QED) is 0.310. The molecule has 1 unspecified atom stereocenters. The van der Waals surface area contributed by atoms with Crippen LogP contribution in [0.5, 0.6) is 0 Å². The van der Waals surface area contributed by atoms with Gasteiger partial charge in [-0.25, -0.2) is 15.0 Å². The number of pyridine rings is 2. The smallest absolute Gasteiger partial charge is 0.369 e. The summed E-state index contributed by atoms with van der Waals surface area (Å²) in [6.45, 7) is 7.23. The summed E-state index contributed by atoms with van der Waals surface area (Å²) < 4.78 is 40.3. The molecule has 0 aromatic carbocycles. The van der Waals surface area contributed by atoms with Crippen LogP contribution in [0.15, 0.2) is 30.7 Å². The highest BCUT2D eigenvalue weighted by atomic mass is 19.4. The number of H-pyrrole nitrogens is 1. The van der Waals surface area contributed by atoms with Gasteiger partial charge in [0, 0.05) is 41.8 Å². The lowest BCUT2D eigenvalue weighted by Gasteiger charge is -2.39. The monoisotopic (exact) mass is 509 g/mol. The number of fused-ring (bicyclic) bond motifs is 2. The van der Waals surface area contributed by atoms with Crippen molar-refractivity contribution < 1.29 is 13.2 Å². The van der Waals surface area contributed by atoms with Gasteiger partial charge in [-0.15, -0.1) is 0 Å². The fraction of sp³-hybridized carbons (Fsp3) is 0.481. The van der Waals surface area contributed by atoms with Crippen molar-refractivity contribution in [1.82, 2.24) is 30.2 Å². The first-order valence-corrected chi connectivity index (χ1v) is 12.9. The van der Waals surface area contributed by atoms with Gasteiger partial charge in [0.15, 0.2) is 5.82 Å². The van der Waals surface area contributed by atoms with Crippen LogP contribution >= 0.6 is 0 Å². The van der Waals surface area contributed by atoms with Gasteiger partial charge in [-0.3, -0.25) is 4.98 Å². The molecule has 0 spiro atoms. The lowest BCUT2D eigenvalue weighted by molar-refractivity contribution is -0.140. The molecule has 10 heteroatoms. The molecule has 3 N–H and O–H groups in total. The van der Waals surface area contributed by atoms with Gasteiger partial charge >= 0.3 is 6.18 Å². The largest absolute Gasteiger partial charge is 0.431 e. The number of aromatic nitrogens is 5. The highest BCUT2D eigenvalue weighted by Crippen LogP contribution is 2.42. The van der Waals surface area contributed by atoms with E-state index in [1.807, 2.05) is 6.20 Å². The zero-order valence-electron chi connectivity index (χ0n) is 20.9. The van der Waals surface area contributed by atoms with Crippen LogP contribution in [0, 0.1) is 11.3 Å². The molecule has 1 saturated carbocycles. The van der Waals surface area contributed by atoms with Crippen molar-refractivity contribution in [2.75, 3.05) is 25.0 Å². The molecule has 0 radical (unpaired) electrons. The van der Waals surface area contributed by atoms with Crippen LogP contribution in [0.25, 0.3) is 33.3 Å². The fourth-order valence-corrected chi connectivity index (χ4v) is 5.58. The first-order chi connectivity index (χ1) is 17.7. The van der Waals surface area contributed by atoms with E-state index < -0.39 is 11.9 Å². The Morgan fingerprint density at radius 1 is 1.14 bits per heavy atom. The van der Waals surface area contributed by atoms with E-state index in [9.17, 15) is 13.2 Å². The molecular formula is C27H30F3N7. The van der Waals surface area contributed by atoms with Crippen LogP contribution in [0.3, 0.4) is 0 Å². The van der Waals surface area contributed by atoms with E-state index in [1.165, 1.54) is 12.6 Å². The van der Waals surface area contributed by atoms with Gasteiger partial charge in [0.2, 0.25) is 0 Å². The molecule has 0 bridgehead atoms. The second kappa shape index (κ2) is 8.93. The summed E-state index contributed by atoms with van der Waals surface area (Å²) in [6, 6.07) is 2.75. The van der Waals surface area contributed by atoms with Crippen LogP contribution in [-0.2, 0) is 6.18 Å². The Labute approximate surface area is 212 Å². The minimum Gasteiger partial charge on any atom is -0.369 e. The third-order valence-electron chi connectivity index (χ3n) is 8.13. The van der Waals surface area contributed by atoms with Crippen molar-refractivity contribution in [2.45, 2.75) is 51.6 Å². The van der Waals surface area contributed by atoms with Crippen LogP contribution in [0.4, 0.5) is 19.0 Å². The number of nitrogens with zero attached hydrogens (tertiary/aromatic N) is 4. The van der Waals surface area contributed by atoms with E-state index in [-0.39, 0.29) is 11.1 Å². The Hall–Kier alpha value is -3.27. The number of rotatable bonds is 5. The Morgan fingerprint density at radius 3 is 2.70 bits per heavy atom. The van der Waals surface area contributed by atoms with Gasteiger partial charge < -0.3 is 15.6 Å². The molecule has 2 aliphatic rings. The maximum Gasteiger partial charge on any atom is 0.431 e. The maximum absolute atomic E-state index is 13.4. The summed E-state index contributed by atoms with van der Waals surface area (Å²) in [6.07, 6.45) is 5.08. The Bertz CT molecular complexity index is 1460. The summed E-state index contributed by atoms with van der Waals surface area (Å²) in [4.78, 5) is 20.7. The molecule has 6 rings (SSSR count). The molecule has 1 atom stereocenters. The summed E-state index contributed by atoms with van der Waals surface area (Å²) in [7, 11) is 0. The normalized spacial score (nSPS) is 20.3. The van der Waals surface area contributed by atoms with E-state index in [4.69, 9.17) is 9.97 Å². The topological polar surface area (TPSA) is 91.4 Å². The molecular weight excluding hydrogens is 479 g/mol. The van der Waals surface area contributed by atoms with Gasteiger partial charge in [-0.2, -0.15) is 13.2 Å². The first-order valence-electron chi connectivity index (χ1n) is 12.9. The molecule has 4 aromatic rings. The lowest BCUT2D eigenvalue weighted by atomic mass is 9.74. The molecule has 1 aliphatic heterocycles. The zero-order chi connectivity index (χ0) is 25.8. The summed E-state index contributed by atoms with van der Waals surface area (Å²) in [5, 5.41) is 8.41. The third kappa shape index (κ3) is 4.41. The number of halogens is 3. The van der Waals surface area contributed by atoms with E-state index >= 15 is 0 Å². The molecule has 0 amide bonds. The van der Waals surface area contributed by atoms with Gasteiger partial charge in [0.1, 0.15) is 17.2 Å². The first kappa shape index (κ1) is 24.1. The third-order valence-corrected chi connectivity index (χ3v) is 8.13. The molecule has 5 heterocycles. The van der Waals surface area contributed by atoms with Crippen molar-refractivity contribution in [3.05, 3.63) is 42.0 Å². The molecule has 2 fully saturated rings. The van der Waals surface area contributed by atoms with E-state index in [0.29, 0.717) is 34.1 Å². The number of aromatic amines is 1. The van der Waals surface area contributed by atoms with Gasteiger partial charge in [0.05, 0.1) is 11.7 Å². The van der Waals surface area contributed by atoms with Crippen LogP contribution in [-0.4, -0.2) is 44.6 Å².